The van der Waals surface area contributed by atoms with Gasteiger partial charge in [0.05, 0.1) is 5.56 Å². The Bertz CT molecular complexity index is 559. The number of aromatic amines is 1. The second-order valence-corrected chi connectivity index (χ2v) is 5.17. The quantitative estimate of drug-likeness (QED) is 0.883. The first kappa shape index (κ1) is 12.6. The number of rotatable bonds is 2. The molecule has 5 nitrogen and oxygen atoms in total. The minimum atomic E-state index is -0.322. The fourth-order valence-electron chi connectivity index (χ4n) is 2.10. The molecule has 1 fully saturated rings. The highest BCUT2D eigenvalue weighted by molar-refractivity contribution is 9.10. The van der Waals surface area contributed by atoms with Crippen molar-refractivity contribution in [3.8, 4) is 11.4 Å². The summed E-state index contributed by atoms with van der Waals surface area (Å²) in [6.07, 6.45) is 0. The molecule has 1 aromatic carbocycles. The Hall–Kier alpha value is -1.47. The molecule has 0 bridgehead atoms. The van der Waals surface area contributed by atoms with Crippen molar-refractivity contribution in [3.63, 3.8) is 0 Å². The van der Waals surface area contributed by atoms with Gasteiger partial charge in [0.25, 0.3) is 0 Å². The van der Waals surface area contributed by atoms with Crippen LogP contribution in [0.3, 0.4) is 0 Å². The molecule has 0 radical (unpaired) electrons. The molecule has 19 heavy (non-hydrogen) atoms. The van der Waals surface area contributed by atoms with Crippen molar-refractivity contribution in [2.24, 2.45) is 0 Å². The molecule has 1 aliphatic rings. The topological polar surface area (TPSA) is 56.8 Å². The van der Waals surface area contributed by atoms with E-state index in [9.17, 15) is 4.39 Å². The highest BCUT2D eigenvalue weighted by Crippen LogP contribution is 2.29. The van der Waals surface area contributed by atoms with E-state index < -0.39 is 0 Å². The Balaban J connectivity index is 1.92. The van der Waals surface area contributed by atoms with Crippen LogP contribution in [0, 0.1) is 5.82 Å². The molecular weight excluding hydrogens is 313 g/mol. The van der Waals surface area contributed by atoms with E-state index in [2.05, 4.69) is 41.3 Å². The van der Waals surface area contributed by atoms with Crippen LogP contribution in [0.2, 0.25) is 0 Å². The molecule has 0 unspecified atom stereocenters. The lowest BCUT2D eigenvalue weighted by Crippen LogP contribution is -2.44. The van der Waals surface area contributed by atoms with Crippen LogP contribution < -0.4 is 10.2 Å². The van der Waals surface area contributed by atoms with Crippen molar-refractivity contribution in [2.45, 2.75) is 0 Å². The molecule has 0 amide bonds. The molecule has 3 rings (SSSR count). The summed E-state index contributed by atoms with van der Waals surface area (Å²) in [6.45, 7) is 3.53. The van der Waals surface area contributed by atoms with Gasteiger partial charge in [0.2, 0.25) is 5.95 Å². The fourth-order valence-corrected chi connectivity index (χ4v) is 2.62. The first-order valence-electron chi connectivity index (χ1n) is 6.08. The molecule has 0 saturated carbocycles. The number of H-pyrrole nitrogens is 1. The van der Waals surface area contributed by atoms with Crippen LogP contribution in [0.25, 0.3) is 11.4 Å². The van der Waals surface area contributed by atoms with E-state index in [0.29, 0.717) is 21.8 Å². The van der Waals surface area contributed by atoms with Gasteiger partial charge < -0.3 is 10.2 Å². The molecule has 0 aliphatic carbocycles. The van der Waals surface area contributed by atoms with Crippen LogP contribution in [0.4, 0.5) is 10.3 Å². The van der Waals surface area contributed by atoms with Gasteiger partial charge in [0.15, 0.2) is 5.82 Å². The summed E-state index contributed by atoms with van der Waals surface area (Å²) in [5, 5.41) is 10.2. The summed E-state index contributed by atoms with van der Waals surface area (Å²) in [6, 6.07) is 4.84. The van der Waals surface area contributed by atoms with E-state index in [1.807, 2.05) is 0 Å². The molecular formula is C12H13BrFN5. The van der Waals surface area contributed by atoms with Crippen LogP contribution in [-0.4, -0.2) is 41.4 Å². The number of benzene rings is 1. The fraction of sp³-hybridized carbons (Fsp3) is 0.333. The Labute approximate surface area is 118 Å². The van der Waals surface area contributed by atoms with Gasteiger partial charge in [-0.05, 0) is 28.1 Å². The van der Waals surface area contributed by atoms with Gasteiger partial charge in [-0.25, -0.2) is 4.39 Å². The van der Waals surface area contributed by atoms with Crippen molar-refractivity contribution in [2.75, 3.05) is 31.1 Å². The van der Waals surface area contributed by atoms with Crippen LogP contribution in [-0.2, 0) is 0 Å². The Morgan fingerprint density at radius 1 is 1.26 bits per heavy atom. The van der Waals surface area contributed by atoms with E-state index in [4.69, 9.17) is 0 Å². The zero-order valence-electron chi connectivity index (χ0n) is 10.2. The summed E-state index contributed by atoms with van der Waals surface area (Å²) in [5.74, 6) is 0.738. The lowest BCUT2D eigenvalue weighted by atomic mass is 10.2. The van der Waals surface area contributed by atoms with Crippen molar-refractivity contribution in [1.82, 2.24) is 20.5 Å². The second-order valence-electron chi connectivity index (χ2n) is 4.32. The van der Waals surface area contributed by atoms with Gasteiger partial charge in [-0.3, -0.25) is 5.10 Å². The lowest BCUT2D eigenvalue weighted by molar-refractivity contribution is 0.580. The van der Waals surface area contributed by atoms with Gasteiger partial charge in [0, 0.05) is 30.7 Å². The van der Waals surface area contributed by atoms with Crippen LogP contribution in [0.5, 0.6) is 0 Å². The second kappa shape index (κ2) is 5.26. The molecule has 2 N–H and O–H groups in total. The van der Waals surface area contributed by atoms with Crippen molar-refractivity contribution < 1.29 is 4.39 Å². The van der Waals surface area contributed by atoms with E-state index >= 15 is 0 Å². The van der Waals surface area contributed by atoms with Crippen LogP contribution in [0.15, 0.2) is 22.7 Å². The average Bonchev–Trinajstić information content (AvgIpc) is 2.89. The number of hydrogen-bond donors (Lipinski definition) is 2. The zero-order chi connectivity index (χ0) is 13.2. The van der Waals surface area contributed by atoms with Gasteiger partial charge in [-0.2, -0.15) is 4.98 Å². The minimum absolute atomic E-state index is 0.322. The summed E-state index contributed by atoms with van der Waals surface area (Å²) < 4.78 is 14.5. The minimum Gasteiger partial charge on any atom is -0.337 e. The molecule has 7 heteroatoms. The van der Waals surface area contributed by atoms with Crippen molar-refractivity contribution >= 4 is 21.9 Å². The van der Waals surface area contributed by atoms with E-state index in [0.717, 1.165) is 26.2 Å². The average molecular weight is 326 g/mol. The van der Waals surface area contributed by atoms with E-state index in [-0.39, 0.29) is 5.82 Å². The number of nitrogens with zero attached hydrogens (tertiary/aromatic N) is 3. The van der Waals surface area contributed by atoms with Crippen molar-refractivity contribution in [3.05, 3.63) is 28.5 Å². The van der Waals surface area contributed by atoms with E-state index in [1.54, 1.807) is 12.1 Å². The third kappa shape index (κ3) is 2.48. The predicted molar refractivity (Wildman–Crippen MR) is 74.6 cm³/mol. The Kier molecular flexibility index (Phi) is 3.48. The maximum absolute atomic E-state index is 13.8. The van der Waals surface area contributed by atoms with Crippen LogP contribution >= 0.6 is 15.9 Å². The van der Waals surface area contributed by atoms with Gasteiger partial charge >= 0.3 is 0 Å². The number of anilines is 1. The maximum Gasteiger partial charge on any atom is 0.245 e. The highest BCUT2D eigenvalue weighted by atomic mass is 79.9. The summed E-state index contributed by atoms with van der Waals surface area (Å²) >= 11 is 3.34. The number of aromatic nitrogens is 3. The molecule has 2 aromatic rings. The van der Waals surface area contributed by atoms with Gasteiger partial charge in [0.1, 0.15) is 5.82 Å². The van der Waals surface area contributed by atoms with E-state index in [1.165, 1.54) is 6.07 Å². The summed E-state index contributed by atoms with van der Waals surface area (Å²) in [7, 11) is 0. The normalized spacial score (nSPS) is 15.8. The Morgan fingerprint density at radius 2 is 2.05 bits per heavy atom. The maximum atomic E-state index is 13.8. The van der Waals surface area contributed by atoms with Gasteiger partial charge in [-0.1, -0.05) is 6.07 Å². The highest BCUT2D eigenvalue weighted by Gasteiger charge is 2.18. The summed E-state index contributed by atoms with van der Waals surface area (Å²) in [5.41, 5.74) is 0.413. The first-order valence-corrected chi connectivity index (χ1v) is 6.87. The van der Waals surface area contributed by atoms with Crippen molar-refractivity contribution in [1.29, 1.82) is 0 Å². The smallest absolute Gasteiger partial charge is 0.245 e. The lowest BCUT2D eigenvalue weighted by Gasteiger charge is -2.25. The number of piperazine rings is 1. The zero-order valence-corrected chi connectivity index (χ0v) is 11.7. The summed E-state index contributed by atoms with van der Waals surface area (Å²) in [4.78, 5) is 6.46. The third-order valence-corrected chi connectivity index (χ3v) is 3.73. The standard InChI is InChI=1S/C12H13BrFN5/c13-8-2-1-3-9(14)10(8)11-16-12(18-17-11)19-6-4-15-5-7-19/h1-3,15H,4-7H2,(H,16,17,18). The number of hydrogen-bond acceptors (Lipinski definition) is 4. The molecule has 100 valence electrons. The molecule has 1 saturated heterocycles. The third-order valence-electron chi connectivity index (χ3n) is 3.07. The van der Waals surface area contributed by atoms with Gasteiger partial charge in [-0.15, -0.1) is 5.10 Å². The molecule has 0 atom stereocenters. The Morgan fingerprint density at radius 3 is 2.79 bits per heavy atom. The predicted octanol–water partition coefficient (Wildman–Crippen LogP) is 1.78. The number of nitrogens with one attached hydrogen (secondary N) is 2. The monoisotopic (exact) mass is 325 g/mol. The molecule has 1 aliphatic heterocycles. The molecule has 2 heterocycles. The van der Waals surface area contributed by atoms with Crippen LogP contribution in [0.1, 0.15) is 0 Å². The SMILES string of the molecule is Fc1cccc(Br)c1-c1nc(N2CCNCC2)n[nH]1. The first-order chi connectivity index (χ1) is 9.25. The largest absolute Gasteiger partial charge is 0.337 e. The molecule has 1 aromatic heterocycles. The number of halogens is 2. The molecule has 0 spiro atoms.